The molecule has 122 valence electrons. The lowest BCUT2D eigenvalue weighted by Crippen LogP contribution is -2.54. The van der Waals surface area contributed by atoms with Crippen LogP contribution in [-0.2, 0) is 6.54 Å². The number of benzene rings is 1. The number of hydrogen-bond donors (Lipinski definition) is 0. The molecule has 0 radical (unpaired) electrons. The molecule has 0 spiro atoms. The predicted octanol–water partition coefficient (Wildman–Crippen LogP) is 2.77. The molecule has 4 nitrogen and oxygen atoms in total. The Morgan fingerprint density at radius 3 is 3.04 bits per heavy atom. The van der Waals surface area contributed by atoms with Crippen LogP contribution in [-0.4, -0.2) is 41.5 Å². The molecule has 2 aliphatic rings. The summed E-state index contributed by atoms with van der Waals surface area (Å²) in [6.07, 6.45) is 4.26. The number of piperazine rings is 1. The summed E-state index contributed by atoms with van der Waals surface area (Å²) in [5.74, 6) is 0. The summed E-state index contributed by atoms with van der Waals surface area (Å²) in [6, 6.07) is 6.95. The fraction of sp³-hybridized carbons (Fsp3) is 0.526. The molecule has 2 atom stereocenters. The lowest BCUT2D eigenvalue weighted by molar-refractivity contribution is 0.0535. The Labute approximate surface area is 136 Å². The Balaban J connectivity index is 1.62. The van der Waals surface area contributed by atoms with Crippen molar-refractivity contribution in [2.75, 3.05) is 19.6 Å². The normalized spacial score (nSPS) is 25.8. The van der Waals surface area contributed by atoms with Crippen molar-refractivity contribution in [2.45, 2.75) is 45.3 Å². The standard InChI is InChI=1S/C19H24N2O2/c1-13-5-6-18-17(8-13)19(22)15(12-23-18)10-21-11-16-4-3-7-20(16)9-14(21)2/h5-6,8,12,14,16H,3-4,7,9-11H2,1-2H3/t14-,16?/m1/s1. The lowest BCUT2D eigenvalue weighted by atomic mass is 10.1. The van der Waals surface area contributed by atoms with Gasteiger partial charge in [0.2, 0.25) is 0 Å². The maximum Gasteiger partial charge on any atom is 0.197 e. The van der Waals surface area contributed by atoms with Gasteiger partial charge in [-0.05, 0) is 45.4 Å². The zero-order chi connectivity index (χ0) is 16.0. The fourth-order valence-corrected chi connectivity index (χ4v) is 4.08. The molecule has 2 fully saturated rings. The van der Waals surface area contributed by atoms with Crippen LogP contribution < -0.4 is 5.43 Å². The summed E-state index contributed by atoms with van der Waals surface area (Å²) in [5.41, 5.74) is 2.67. The predicted molar refractivity (Wildman–Crippen MR) is 91.7 cm³/mol. The fourth-order valence-electron chi connectivity index (χ4n) is 4.08. The quantitative estimate of drug-likeness (QED) is 0.854. The van der Waals surface area contributed by atoms with Crippen molar-refractivity contribution in [2.24, 2.45) is 0 Å². The van der Waals surface area contributed by atoms with Gasteiger partial charge in [0.05, 0.1) is 11.6 Å². The van der Waals surface area contributed by atoms with Gasteiger partial charge in [-0.2, -0.15) is 0 Å². The van der Waals surface area contributed by atoms with E-state index in [-0.39, 0.29) is 5.43 Å². The molecule has 0 saturated carbocycles. The first-order valence-corrected chi connectivity index (χ1v) is 8.61. The zero-order valence-corrected chi connectivity index (χ0v) is 13.9. The van der Waals surface area contributed by atoms with Crippen LogP contribution in [0, 0.1) is 6.92 Å². The second-order valence-corrected chi connectivity index (χ2v) is 7.16. The van der Waals surface area contributed by atoms with Gasteiger partial charge in [0.15, 0.2) is 5.43 Å². The van der Waals surface area contributed by atoms with Gasteiger partial charge in [-0.3, -0.25) is 14.6 Å². The van der Waals surface area contributed by atoms with Gasteiger partial charge >= 0.3 is 0 Å². The van der Waals surface area contributed by atoms with Crippen molar-refractivity contribution in [3.05, 3.63) is 45.8 Å². The van der Waals surface area contributed by atoms with E-state index in [0.717, 1.165) is 24.2 Å². The van der Waals surface area contributed by atoms with E-state index in [1.807, 2.05) is 25.1 Å². The Hall–Kier alpha value is -1.65. The van der Waals surface area contributed by atoms with E-state index in [0.29, 0.717) is 29.6 Å². The summed E-state index contributed by atoms with van der Waals surface area (Å²) in [4.78, 5) is 17.8. The topological polar surface area (TPSA) is 36.7 Å². The van der Waals surface area contributed by atoms with Crippen LogP contribution >= 0.6 is 0 Å². The van der Waals surface area contributed by atoms with E-state index in [1.54, 1.807) is 6.26 Å². The molecule has 2 saturated heterocycles. The highest BCUT2D eigenvalue weighted by Gasteiger charge is 2.34. The first-order valence-electron chi connectivity index (χ1n) is 8.61. The molecular weight excluding hydrogens is 288 g/mol. The van der Waals surface area contributed by atoms with Crippen LogP contribution in [0.3, 0.4) is 0 Å². The Morgan fingerprint density at radius 1 is 1.30 bits per heavy atom. The van der Waals surface area contributed by atoms with Gasteiger partial charge < -0.3 is 4.42 Å². The highest BCUT2D eigenvalue weighted by atomic mass is 16.3. The summed E-state index contributed by atoms with van der Waals surface area (Å²) >= 11 is 0. The van der Waals surface area contributed by atoms with E-state index in [9.17, 15) is 4.79 Å². The summed E-state index contributed by atoms with van der Waals surface area (Å²) in [5, 5.41) is 0.703. The van der Waals surface area contributed by atoms with Gasteiger partial charge in [-0.15, -0.1) is 0 Å². The average Bonchev–Trinajstić information content (AvgIpc) is 2.98. The van der Waals surface area contributed by atoms with Crippen molar-refractivity contribution in [1.29, 1.82) is 0 Å². The van der Waals surface area contributed by atoms with Crippen LogP contribution in [0.1, 0.15) is 30.9 Å². The maximum absolute atomic E-state index is 12.8. The van der Waals surface area contributed by atoms with E-state index >= 15 is 0 Å². The zero-order valence-electron chi connectivity index (χ0n) is 13.9. The minimum atomic E-state index is 0.121. The molecule has 23 heavy (non-hydrogen) atoms. The molecular formula is C19H24N2O2. The molecule has 0 amide bonds. The summed E-state index contributed by atoms with van der Waals surface area (Å²) < 4.78 is 5.70. The van der Waals surface area contributed by atoms with Crippen LogP contribution in [0.5, 0.6) is 0 Å². The highest BCUT2D eigenvalue weighted by Crippen LogP contribution is 2.25. The summed E-state index contributed by atoms with van der Waals surface area (Å²) in [7, 11) is 0. The smallest absolute Gasteiger partial charge is 0.197 e. The average molecular weight is 312 g/mol. The molecule has 2 aliphatic heterocycles. The van der Waals surface area contributed by atoms with E-state index < -0.39 is 0 Å². The van der Waals surface area contributed by atoms with Crippen molar-refractivity contribution in [3.63, 3.8) is 0 Å². The SMILES string of the molecule is Cc1ccc2occ(CN3CC4CCCN4C[C@H]3C)c(=O)c2c1. The number of aryl methyl sites for hydroxylation is 1. The van der Waals surface area contributed by atoms with Gasteiger partial charge in [-0.1, -0.05) is 11.6 Å². The maximum atomic E-state index is 12.8. The van der Waals surface area contributed by atoms with Crippen LogP contribution in [0.25, 0.3) is 11.0 Å². The van der Waals surface area contributed by atoms with E-state index in [4.69, 9.17) is 4.42 Å². The molecule has 1 unspecified atom stereocenters. The van der Waals surface area contributed by atoms with Crippen molar-refractivity contribution in [3.8, 4) is 0 Å². The minimum absolute atomic E-state index is 0.121. The molecule has 4 heteroatoms. The molecule has 3 heterocycles. The molecule has 0 bridgehead atoms. The molecule has 1 aromatic carbocycles. The van der Waals surface area contributed by atoms with E-state index in [2.05, 4.69) is 16.7 Å². The van der Waals surface area contributed by atoms with Crippen molar-refractivity contribution in [1.82, 2.24) is 9.80 Å². The molecule has 4 rings (SSSR count). The Morgan fingerprint density at radius 2 is 2.17 bits per heavy atom. The molecule has 0 aliphatic carbocycles. The molecule has 1 aromatic heterocycles. The lowest BCUT2D eigenvalue weighted by Gasteiger charge is -2.42. The number of rotatable bonds is 2. The number of nitrogens with zero attached hydrogens (tertiary/aromatic N) is 2. The third-order valence-corrected chi connectivity index (χ3v) is 5.44. The van der Waals surface area contributed by atoms with Crippen LogP contribution in [0.15, 0.2) is 33.7 Å². The van der Waals surface area contributed by atoms with Crippen LogP contribution in [0.2, 0.25) is 0 Å². The van der Waals surface area contributed by atoms with E-state index in [1.165, 1.54) is 19.4 Å². The van der Waals surface area contributed by atoms with Crippen molar-refractivity contribution < 1.29 is 4.42 Å². The van der Waals surface area contributed by atoms with Gasteiger partial charge in [0.25, 0.3) is 0 Å². The van der Waals surface area contributed by atoms with Crippen molar-refractivity contribution >= 4 is 11.0 Å². The number of hydrogen-bond acceptors (Lipinski definition) is 4. The second-order valence-electron chi connectivity index (χ2n) is 7.16. The highest BCUT2D eigenvalue weighted by molar-refractivity contribution is 5.77. The minimum Gasteiger partial charge on any atom is -0.464 e. The van der Waals surface area contributed by atoms with Crippen LogP contribution in [0.4, 0.5) is 0 Å². The molecule has 0 N–H and O–H groups in total. The second kappa shape index (κ2) is 5.77. The first kappa shape index (κ1) is 14.9. The Bertz CT molecular complexity index is 783. The Kier molecular flexibility index (Phi) is 3.74. The largest absolute Gasteiger partial charge is 0.464 e. The number of fused-ring (bicyclic) bond motifs is 2. The monoisotopic (exact) mass is 312 g/mol. The van der Waals surface area contributed by atoms with Gasteiger partial charge in [-0.25, -0.2) is 0 Å². The van der Waals surface area contributed by atoms with Gasteiger partial charge in [0, 0.05) is 37.3 Å². The molecule has 2 aromatic rings. The first-order chi connectivity index (χ1) is 11.1. The third kappa shape index (κ3) is 2.70. The summed E-state index contributed by atoms with van der Waals surface area (Å²) in [6.45, 7) is 8.38. The van der Waals surface area contributed by atoms with Gasteiger partial charge in [0.1, 0.15) is 5.58 Å². The third-order valence-electron chi connectivity index (χ3n) is 5.44.